The van der Waals surface area contributed by atoms with Gasteiger partial charge >= 0.3 is 5.97 Å². The molecule has 7 amide bonds. The zero-order valence-corrected chi connectivity index (χ0v) is 44.2. The lowest BCUT2D eigenvalue weighted by Crippen LogP contribution is -2.60. The molecular weight excluding hydrogens is 985 g/mol. The maximum absolute atomic E-state index is 14.9. The Labute approximate surface area is 447 Å². The Bertz CT molecular complexity index is 3030. The summed E-state index contributed by atoms with van der Waals surface area (Å²) < 4.78 is 0. The number of nitrogens with one attached hydrogen (secondary N) is 6. The Hall–Kier alpha value is -8.52. The molecule has 20 nitrogen and oxygen atoms in total. The molecule has 0 unspecified atom stereocenters. The van der Waals surface area contributed by atoms with Crippen molar-refractivity contribution in [2.24, 2.45) is 5.73 Å². The lowest BCUT2D eigenvalue weighted by molar-refractivity contribution is -0.153. The number of amides is 7. The van der Waals surface area contributed by atoms with Crippen LogP contribution in [-0.2, 0) is 64.0 Å². The number of hydrogen-bond donors (Lipinski definition) is 9. The van der Waals surface area contributed by atoms with Crippen LogP contribution in [0.3, 0.4) is 0 Å². The van der Waals surface area contributed by atoms with Gasteiger partial charge in [-0.25, -0.2) is 4.79 Å². The van der Waals surface area contributed by atoms with Gasteiger partial charge in [0.05, 0.1) is 12.6 Å². The normalized spacial score (nSPS) is 14.0. The number of benzene rings is 4. The van der Waals surface area contributed by atoms with Crippen LogP contribution in [-0.4, -0.2) is 152 Å². The number of carbonyl (C=O) groups excluding carboxylic acids is 7. The van der Waals surface area contributed by atoms with Crippen molar-refractivity contribution in [3.8, 4) is 5.75 Å². The SMILES string of the molecule is CCCC[C@H](NC(=O)[C@H](Cc1c[nH]c2ccccc12)NC(=O)[C@H](C)N)C(=O)N[C@@H](Cc1c[nH]c2ccccc12)C(=O)N[C@H](Cc1ccc(O)cc1)C(=O)N(C)CC(=O)N(C)[C@@H](C)C(=O)N(C)[C@@H](Cc1ccccc1)C(=O)O. The zero-order chi connectivity index (χ0) is 55.9. The second-order valence-corrected chi connectivity index (χ2v) is 19.5. The van der Waals surface area contributed by atoms with Gasteiger partial charge in [-0.15, -0.1) is 0 Å². The van der Waals surface area contributed by atoms with Crippen LogP contribution < -0.4 is 27.0 Å². The van der Waals surface area contributed by atoms with Gasteiger partial charge in [0.25, 0.3) is 0 Å². The summed E-state index contributed by atoms with van der Waals surface area (Å²) in [5.74, 6) is -5.99. The van der Waals surface area contributed by atoms with Crippen LogP contribution in [0.4, 0.5) is 0 Å². The molecule has 0 saturated heterocycles. The van der Waals surface area contributed by atoms with Crippen molar-refractivity contribution in [2.45, 2.75) is 108 Å². The van der Waals surface area contributed by atoms with Crippen molar-refractivity contribution in [3.05, 3.63) is 138 Å². The van der Waals surface area contributed by atoms with E-state index in [1.807, 2.05) is 55.5 Å². The first-order valence-electron chi connectivity index (χ1n) is 25.6. The van der Waals surface area contributed by atoms with E-state index in [1.54, 1.807) is 54.9 Å². The van der Waals surface area contributed by atoms with Gasteiger partial charge in [-0.3, -0.25) is 33.6 Å². The number of carbonyl (C=O) groups is 8. The fourth-order valence-electron chi connectivity index (χ4n) is 9.04. The first kappa shape index (κ1) is 57.8. The molecule has 2 heterocycles. The van der Waals surface area contributed by atoms with Gasteiger partial charge in [0.2, 0.25) is 41.4 Å². The third-order valence-electron chi connectivity index (χ3n) is 13.8. The zero-order valence-electron chi connectivity index (χ0n) is 44.2. The van der Waals surface area contributed by atoms with Gasteiger partial charge in [-0.05, 0) is 66.8 Å². The lowest BCUT2D eigenvalue weighted by atomic mass is 10.0. The largest absolute Gasteiger partial charge is 0.508 e. The maximum atomic E-state index is 14.9. The molecule has 6 aromatic rings. The van der Waals surface area contributed by atoms with Crippen LogP contribution in [0.5, 0.6) is 5.75 Å². The van der Waals surface area contributed by atoms with E-state index < -0.39 is 96.2 Å². The number of para-hydroxylation sites is 2. The van der Waals surface area contributed by atoms with Gasteiger partial charge in [-0.2, -0.15) is 0 Å². The van der Waals surface area contributed by atoms with Crippen LogP contribution in [0.1, 0.15) is 62.3 Å². The van der Waals surface area contributed by atoms with E-state index in [0.29, 0.717) is 29.5 Å². The van der Waals surface area contributed by atoms with Crippen LogP contribution in [0, 0.1) is 0 Å². The summed E-state index contributed by atoms with van der Waals surface area (Å²) in [5, 5.41) is 33.1. The molecule has 0 radical (unpaired) electrons. The Morgan fingerprint density at radius 1 is 0.571 bits per heavy atom. The number of carboxylic acids is 1. The molecule has 0 aliphatic heterocycles. The predicted octanol–water partition coefficient (Wildman–Crippen LogP) is 3.32. The van der Waals surface area contributed by atoms with Crippen LogP contribution >= 0.6 is 0 Å². The Balaban J connectivity index is 1.24. The first-order valence-corrected chi connectivity index (χ1v) is 25.6. The highest BCUT2D eigenvalue weighted by Gasteiger charge is 2.36. The van der Waals surface area contributed by atoms with Crippen molar-refractivity contribution in [2.75, 3.05) is 27.7 Å². The summed E-state index contributed by atoms with van der Waals surface area (Å²) in [6.45, 7) is 4.32. The maximum Gasteiger partial charge on any atom is 0.326 e. The van der Waals surface area contributed by atoms with Gasteiger partial charge in [0, 0.05) is 81.0 Å². The standard InChI is InChI=1S/C57H70N10O10/c1-7-8-20-45(61-53(72)46(62-51(70)34(2)58)29-38-31-59-43-21-14-12-18-41(38)43)52(71)63-47(30-39-32-60-44-22-15-13-19-42(39)44)54(73)64-48(27-37-23-25-40(68)26-24-37)56(75)65(4)33-50(69)66(5)35(3)55(74)67(6)49(57(76)77)28-36-16-10-9-11-17-36/h9-19,21-26,31-32,34-35,45-49,59-60,68H,7-8,20,27-30,33,58H2,1-6H3,(H,61,72)(H,62,70)(H,63,71)(H,64,73)(H,76,77)/t34-,35-,45-,46-,47-,48+,49-/m0/s1. The smallest absolute Gasteiger partial charge is 0.326 e. The van der Waals surface area contributed by atoms with Gasteiger partial charge < -0.3 is 61.9 Å². The molecule has 0 bridgehead atoms. The molecule has 20 heteroatoms. The van der Waals surface area contributed by atoms with Crippen LogP contribution in [0.25, 0.3) is 21.8 Å². The van der Waals surface area contributed by atoms with Crippen molar-refractivity contribution in [3.63, 3.8) is 0 Å². The second-order valence-electron chi connectivity index (χ2n) is 19.5. The van der Waals surface area contributed by atoms with E-state index in [-0.39, 0.29) is 37.9 Å². The molecule has 7 atom stereocenters. The molecule has 77 heavy (non-hydrogen) atoms. The van der Waals surface area contributed by atoms with Gasteiger partial charge in [-0.1, -0.05) is 98.6 Å². The molecule has 2 aromatic heterocycles. The second kappa shape index (κ2) is 26.8. The fourth-order valence-corrected chi connectivity index (χ4v) is 9.04. The van der Waals surface area contributed by atoms with Crippen molar-refractivity contribution < 1.29 is 48.6 Å². The molecule has 6 rings (SSSR count). The molecule has 0 fully saturated rings. The van der Waals surface area contributed by atoms with Crippen molar-refractivity contribution >= 4 is 69.1 Å². The van der Waals surface area contributed by atoms with Gasteiger partial charge in [0.15, 0.2) is 0 Å². The monoisotopic (exact) mass is 1050 g/mol. The molecule has 4 aromatic carbocycles. The molecule has 0 spiro atoms. The average Bonchev–Trinajstić information content (AvgIpc) is 4.03. The summed E-state index contributed by atoms with van der Waals surface area (Å²) in [5.41, 5.74) is 10.1. The third-order valence-corrected chi connectivity index (χ3v) is 13.8. The Morgan fingerprint density at radius 2 is 1.05 bits per heavy atom. The lowest BCUT2D eigenvalue weighted by Gasteiger charge is -2.33. The highest BCUT2D eigenvalue weighted by molar-refractivity contribution is 5.98. The number of phenolic OH excluding ortho intramolecular Hbond substituents is 1. The minimum atomic E-state index is -1.36. The number of nitrogens with two attached hydrogens (primary N) is 1. The number of carboxylic acid groups (broad SMARTS) is 1. The number of hydrogen-bond acceptors (Lipinski definition) is 10. The number of fused-ring (bicyclic) bond motifs is 2. The molecule has 0 saturated carbocycles. The number of likely N-dealkylation sites (N-methyl/N-ethyl adjacent to an activating group) is 3. The summed E-state index contributed by atoms with van der Waals surface area (Å²) in [4.78, 5) is 121. The van der Waals surface area contributed by atoms with E-state index in [2.05, 4.69) is 31.2 Å². The number of aliphatic carboxylic acids is 1. The molecule has 10 N–H and O–H groups in total. The topological polar surface area (TPSA) is 292 Å². The summed E-state index contributed by atoms with van der Waals surface area (Å²) in [6, 6.07) is 21.3. The quantitative estimate of drug-likeness (QED) is 0.0380. The number of unbranched alkanes of at least 4 members (excludes halogenated alkanes) is 1. The fraction of sp³-hybridized carbons (Fsp3) is 0.368. The average molecular weight is 1060 g/mol. The number of nitrogens with zero attached hydrogens (tertiary/aromatic N) is 3. The van der Waals surface area contributed by atoms with Crippen LogP contribution in [0.2, 0.25) is 0 Å². The number of aromatic hydroxyl groups is 1. The van der Waals surface area contributed by atoms with Crippen LogP contribution in [0.15, 0.2) is 116 Å². The van der Waals surface area contributed by atoms with Crippen molar-refractivity contribution in [1.82, 2.24) is 45.9 Å². The van der Waals surface area contributed by atoms with Crippen molar-refractivity contribution in [1.29, 1.82) is 0 Å². The minimum absolute atomic E-state index is 0.0278. The van der Waals surface area contributed by atoms with E-state index >= 15 is 0 Å². The minimum Gasteiger partial charge on any atom is -0.508 e. The van der Waals surface area contributed by atoms with E-state index in [0.717, 1.165) is 42.1 Å². The number of aromatic amines is 2. The first-order chi connectivity index (χ1) is 36.8. The molecular formula is C57H70N10O10. The predicted molar refractivity (Wildman–Crippen MR) is 291 cm³/mol. The molecule has 408 valence electrons. The number of H-pyrrole nitrogens is 2. The molecule has 0 aliphatic rings. The Kier molecular flexibility index (Phi) is 20.1. The van der Waals surface area contributed by atoms with E-state index in [1.165, 1.54) is 47.1 Å². The third kappa shape index (κ3) is 15.3. The summed E-state index contributed by atoms with van der Waals surface area (Å²) >= 11 is 0. The summed E-state index contributed by atoms with van der Waals surface area (Å²) in [6.07, 6.45) is 4.68. The van der Waals surface area contributed by atoms with E-state index in [9.17, 15) is 48.6 Å². The number of phenols is 1. The summed E-state index contributed by atoms with van der Waals surface area (Å²) in [7, 11) is 4.08. The highest BCUT2D eigenvalue weighted by Crippen LogP contribution is 2.22. The van der Waals surface area contributed by atoms with Gasteiger partial charge in [0.1, 0.15) is 42.0 Å². The number of rotatable bonds is 26. The highest BCUT2D eigenvalue weighted by atomic mass is 16.4. The Morgan fingerprint density at radius 3 is 1.58 bits per heavy atom. The van der Waals surface area contributed by atoms with E-state index in [4.69, 9.17) is 5.73 Å². The molecule has 0 aliphatic carbocycles. The number of aromatic nitrogens is 2.